The van der Waals surface area contributed by atoms with Gasteiger partial charge in [-0.25, -0.2) is 4.79 Å². The summed E-state index contributed by atoms with van der Waals surface area (Å²) in [5.74, 6) is -3.78. The second-order valence-corrected chi connectivity index (χ2v) is 5.00. The number of halogens is 3. The van der Waals surface area contributed by atoms with E-state index in [0.717, 1.165) is 0 Å². The predicted molar refractivity (Wildman–Crippen MR) is 62.8 cm³/mol. The van der Waals surface area contributed by atoms with Gasteiger partial charge < -0.3 is 15.5 Å². The van der Waals surface area contributed by atoms with Gasteiger partial charge in [-0.1, -0.05) is 0 Å². The fourth-order valence-corrected chi connectivity index (χ4v) is 2.36. The first-order chi connectivity index (χ1) is 9.25. The molecule has 0 heterocycles. The number of hydrogen-bond donors (Lipinski definition) is 3. The third-order valence-corrected chi connectivity index (χ3v) is 3.59. The van der Waals surface area contributed by atoms with Crippen molar-refractivity contribution in [3.63, 3.8) is 0 Å². The van der Waals surface area contributed by atoms with Crippen LogP contribution < -0.4 is 5.32 Å². The van der Waals surface area contributed by atoms with Crippen LogP contribution in [0.1, 0.15) is 32.1 Å². The Balaban J connectivity index is 2.48. The van der Waals surface area contributed by atoms with Gasteiger partial charge in [-0.2, -0.15) is 13.2 Å². The van der Waals surface area contributed by atoms with Crippen molar-refractivity contribution in [3.8, 4) is 0 Å². The number of amides is 1. The Morgan fingerprint density at radius 2 is 1.75 bits per heavy atom. The number of hydrogen-bond acceptors (Lipinski definition) is 3. The van der Waals surface area contributed by atoms with Crippen LogP contribution in [0.4, 0.5) is 13.2 Å². The van der Waals surface area contributed by atoms with Crippen molar-refractivity contribution < 1.29 is 33.0 Å². The molecule has 1 saturated carbocycles. The normalized spacial score (nSPS) is 25.0. The quantitative estimate of drug-likeness (QED) is 0.714. The van der Waals surface area contributed by atoms with E-state index in [9.17, 15) is 22.8 Å². The molecule has 0 aliphatic heterocycles. The zero-order valence-electron chi connectivity index (χ0n) is 10.8. The number of carbonyl (C=O) groups is 2. The largest absolute Gasteiger partial charge is 0.480 e. The molecule has 1 amide bonds. The van der Waals surface area contributed by atoms with E-state index in [4.69, 9.17) is 10.2 Å². The van der Waals surface area contributed by atoms with Crippen molar-refractivity contribution in [2.45, 2.75) is 44.3 Å². The summed E-state index contributed by atoms with van der Waals surface area (Å²) in [5.41, 5.74) is 0. The number of alkyl halides is 3. The van der Waals surface area contributed by atoms with Gasteiger partial charge in [0.15, 0.2) is 0 Å². The molecule has 0 saturated heterocycles. The van der Waals surface area contributed by atoms with Crippen molar-refractivity contribution >= 4 is 11.9 Å². The van der Waals surface area contributed by atoms with E-state index < -0.39 is 42.5 Å². The summed E-state index contributed by atoms with van der Waals surface area (Å²) in [6.45, 7) is -0.391. The summed E-state index contributed by atoms with van der Waals surface area (Å²) in [7, 11) is 0. The molecule has 0 radical (unpaired) electrons. The van der Waals surface area contributed by atoms with E-state index in [1.165, 1.54) is 0 Å². The first-order valence-electron chi connectivity index (χ1n) is 6.46. The van der Waals surface area contributed by atoms with Gasteiger partial charge in [0.2, 0.25) is 5.91 Å². The highest BCUT2D eigenvalue weighted by Crippen LogP contribution is 2.39. The van der Waals surface area contributed by atoms with Crippen LogP contribution in [0.3, 0.4) is 0 Å². The van der Waals surface area contributed by atoms with Gasteiger partial charge in [-0.05, 0) is 25.7 Å². The third-order valence-electron chi connectivity index (χ3n) is 3.59. The highest BCUT2D eigenvalue weighted by Gasteiger charge is 2.42. The minimum atomic E-state index is -4.23. The van der Waals surface area contributed by atoms with Crippen LogP contribution in [0.2, 0.25) is 0 Å². The number of aliphatic hydroxyl groups excluding tert-OH is 1. The van der Waals surface area contributed by atoms with Crippen LogP contribution in [0.15, 0.2) is 0 Å². The molecule has 0 aromatic carbocycles. The molecule has 1 aliphatic carbocycles. The number of rotatable bonds is 5. The van der Waals surface area contributed by atoms with Crippen LogP contribution in [0.5, 0.6) is 0 Å². The number of carboxylic acids is 1. The Morgan fingerprint density at radius 1 is 1.20 bits per heavy atom. The van der Waals surface area contributed by atoms with E-state index in [0.29, 0.717) is 0 Å². The van der Waals surface area contributed by atoms with Gasteiger partial charge in [0.1, 0.15) is 6.04 Å². The Kier molecular flexibility index (Phi) is 5.79. The van der Waals surface area contributed by atoms with Crippen molar-refractivity contribution in [1.29, 1.82) is 0 Å². The number of nitrogens with one attached hydrogen (secondary N) is 1. The summed E-state index contributed by atoms with van der Waals surface area (Å²) < 4.78 is 37.4. The highest BCUT2D eigenvalue weighted by molar-refractivity contribution is 5.85. The average Bonchev–Trinajstić information content (AvgIpc) is 2.37. The molecule has 20 heavy (non-hydrogen) atoms. The van der Waals surface area contributed by atoms with Crippen LogP contribution >= 0.6 is 0 Å². The fourth-order valence-electron chi connectivity index (χ4n) is 2.36. The van der Waals surface area contributed by atoms with Crippen LogP contribution in [-0.2, 0) is 9.59 Å². The van der Waals surface area contributed by atoms with Gasteiger partial charge in [-0.3, -0.25) is 4.79 Å². The SMILES string of the molecule is O=C(N[C@H](CCO)C(=O)O)C1CCC(C(F)(F)F)CC1. The third kappa shape index (κ3) is 4.66. The summed E-state index contributed by atoms with van der Waals surface area (Å²) in [6.07, 6.45) is -4.39. The molecule has 1 fully saturated rings. The summed E-state index contributed by atoms with van der Waals surface area (Å²) in [5, 5.41) is 19.8. The molecule has 0 unspecified atom stereocenters. The average molecular weight is 297 g/mol. The molecular weight excluding hydrogens is 279 g/mol. The molecule has 0 aromatic rings. The van der Waals surface area contributed by atoms with Crippen LogP contribution in [0, 0.1) is 11.8 Å². The lowest BCUT2D eigenvalue weighted by molar-refractivity contribution is -0.184. The Hall–Kier alpha value is -1.31. The van der Waals surface area contributed by atoms with E-state index in [1.807, 2.05) is 0 Å². The molecule has 116 valence electrons. The van der Waals surface area contributed by atoms with E-state index in [1.54, 1.807) is 0 Å². The molecule has 0 spiro atoms. The minimum Gasteiger partial charge on any atom is -0.480 e. The first kappa shape index (κ1) is 16.7. The fraction of sp³-hybridized carbons (Fsp3) is 0.833. The van der Waals surface area contributed by atoms with Gasteiger partial charge in [-0.15, -0.1) is 0 Å². The van der Waals surface area contributed by atoms with E-state index >= 15 is 0 Å². The molecule has 0 bridgehead atoms. The lowest BCUT2D eigenvalue weighted by atomic mass is 9.81. The summed E-state index contributed by atoms with van der Waals surface area (Å²) in [4.78, 5) is 22.6. The maximum atomic E-state index is 12.5. The summed E-state index contributed by atoms with van der Waals surface area (Å²) >= 11 is 0. The van der Waals surface area contributed by atoms with Gasteiger partial charge in [0.25, 0.3) is 0 Å². The minimum absolute atomic E-state index is 0.0987. The number of carbonyl (C=O) groups excluding carboxylic acids is 1. The van der Waals surface area contributed by atoms with Gasteiger partial charge in [0.05, 0.1) is 5.92 Å². The van der Waals surface area contributed by atoms with Crippen molar-refractivity contribution in [2.75, 3.05) is 6.61 Å². The zero-order valence-corrected chi connectivity index (χ0v) is 10.8. The Labute approximate surface area is 114 Å². The number of carboxylic acid groups (broad SMARTS) is 1. The molecule has 1 aliphatic rings. The standard InChI is InChI=1S/C12H18F3NO4/c13-12(14,15)8-3-1-7(2-4-8)10(18)16-9(5-6-17)11(19)20/h7-9,17H,1-6H2,(H,16,18)(H,19,20)/t7?,8?,9-/m1/s1. The smallest absolute Gasteiger partial charge is 0.391 e. The molecular formula is C12H18F3NO4. The zero-order chi connectivity index (χ0) is 15.3. The maximum Gasteiger partial charge on any atom is 0.391 e. The lowest BCUT2D eigenvalue weighted by Crippen LogP contribution is -2.45. The van der Waals surface area contributed by atoms with Crippen molar-refractivity contribution in [2.24, 2.45) is 11.8 Å². The second-order valence-electron chi connectivity index (χ2n) is 5.00. The Bertz CT molecular complexity index is 351. The van der Waals surface area contributed by atoms with E-state index in [-0.39, 0.29) is 32.1 Å². The monoisotopic (exact) mass is 297 g/mol. The maximum absolute atomic E-state index is 12.5. The summed E-state index contributed by atoms with van der Waals surface area (Å²) in [6, 6.07) is -1.20. The van der Waals surface area contributed by atoms with Crippen molar-refractivity contribution in [1.82, 2.24) is 5.32 Å². The Morgan fingerprint density at radius 3 is 2.15 bits per heavy atom. The van der Waals surface area contributed by atoms with Crippen LogP contribution in [0.25, 0.3) is 0 Å². The predicted octanol–water partition coefficient (Wildman–Crippen LogP) is 1.31. The second kappa shape index (κ2) is 6.92. The molecule has 3 N–H and O–H groups in total. The molecule has 1 atom stereocenters. The molecule has 1 rings (SSSR count). The molecule has 0 aromatic heterocycles. The highest BCUT2D eigenvalue weighted by atomic mass is 19.4. The van der Waals surface area contributed by atoms with E-state index in [2.05, 4.69) is 5.32 Å². The van der Waals surface area contributed by atoms with Gasteiger partial charge >= 0.3 is 12.1 Å². The van der Waals surface area contributed by atoms with Crippen LogP contribution in [-0.4, -0.2) is 40.9 Å². The molecule has 5 nitrogen and oxygen atoms in total. The number of aliphatic hydroxyl groups is 1. The van der Waals surface area contributed by atoms with Gasteiger partial charge in [0, 0.05) is 18.9 Å². The molecule has 8 heteroatoms. The lowest BCUT2D eigenvalue weighted by Gasteiger charge is -2.29. The first-order valence-corrected chi connectivity index (χ1v) is 6.46. The number of aliphatic carboxylic acids is 1. The topological polar surface area (TPSA) is 86.6 Å². The van der Waals surface area contributed by atoms with Crippen molar-refractivity contribution in [3.05, 3.63) is 0 Å².